The van der Waals surface area contributed by atoms with Gasteiger partial charge in [-0.15, -0.1) is 0 Å². The molecule has 1 unspecified atom stereocenters. The third kappa shape index (κ3) is 3.97. The van der Waals surface area contributed by atoms with E-state index in [-0.39, 0.29) is 6.10 Å². The van der Waals surface area contributed by atoms with Crippen LogP contribution in [-0.2, 0) is 0 Å². The zero-order valence-corrected chi connectivity index (χ0v) is 9.42. The minimum absolute atomic E-state index is 0.209. The van der Waals surface area contributed by atoms with Crippen molar-refractivity contribution in [3.63, 3.8) is 0 Å². The standard InChI is InChI=1S/C11H16ClNO/c1-3-4-6-9(2)14-11-8-5-7-10(12)13-11/h5,7-9H,3-4,6H2,1-2H3. The molecule has 0 aliphatic carbocycles. The van der Waals surface area contributed by atoms with E-state index in [9.17, 15) is 0 Å². The van der Waals surface area contributed by atoms with Crippen LogP contribution in [0, 0.1) is 0 Å². The maximum Gasteiger partial charge on any atom is 0.214 e. The van der Waals surface area contributed by atoms with Crippen LogP contribution < -0.4 is 4.74 Å². The monoisotopic (exact) mass is 213 g/mol. The van der Waals surface area contributed by atoms with Crippen molar-refractivity contribution in [3.05, 3.63) is 23.4 Å². The SMILES string of the molecule is CCCCC(C)Oc1cccc(Cl)n1. The lowest BCUT2D eigenvalue weighted by Gasteiger charge is -2.12. The number of ether oxygens (including phenoxy) is 1. The molecule has 1 atom stereocenters. The van der Waals surface area contributed by atoms with Gasteiger partial charge in [-0.25, -0.2) is 4.98 Å². The van der Waals surface area contributed by atoms with Crippen molar-refractivity contribution in [1.29, 1.82) is 0 Å². The highest BCUT2D eigenvalue weighted by molar-refractivity contribution is 6.29. The van der Waals surface area contributed by atoms with Crippen LogP contribution in [0.15, 0.2) is 18.2 Å². The van der Waals surface area contributed by atoms with E-state index in [0.29, 0.717) is 11.0 Å². The summed E-state index contributed by atoms with van der Waals surface area (Å²) in [5.41, 5.74) is 0. The predicted molar refractivity (Wildman–Crippen MR) is 58.9 cm³/mol. The average Bonchev–Trinajstić information content (AvgIpc) is 2.15. The summed E-state index contributed by atoms with van der Waals surface area (Å²) >= 11 is 5.74. The summed E-state index contributed by atoms with van der Waals surface area (Å²) in [5, 5.41) is 0.477. The van der Waals surface area contributed by atoms with Crippen molar-refractivity contribution in [1.82, 2.24) is 4.98 Å². The normalized spacial score (nSPS) is 12.5. The second-order valence-corrected chi connectivity index (χ2v) is 3.76. The number of nitrogens with zero attached hydrogens (tertiary/aromatic N) is 1. The second-order valence-electron chi connectivity index (χ2n) is 3.37. The van der Waals surface area contributed by atoms with Gasteiger partial charge in [0, 0.05) is 6.07 Å². The summed E-state index contributed by atoms with van der Waals surface area (Å²) in [5.74, 6) is 0.612. The molecule has 3 heteroatoms. The van der Waals surface area contributed by atoms with Crippen LogP contribution in [0.2, 0.25) is 5.15 Å². The number of pyridine rings is 1. The fourth-order valence-corrected chi connectivity index (χ4v) is 1.37. The molecule has 0 aliphatic heterocycles. The second kappa shape index (κ2) is 5.86. The molecule has 0 aromatic carbocycles. The maximum absolute atomic E-state index is 5.74. The van der Waals surface area contributed by atoms with E-state index in [0.717, 1.165) is 6.42 Å². The number of unbranched alkanes of at least 4 members (excludes halogenated alkanes) is 1. The molecule has 1 aromatic rings. The third-order valence-corrected chi connectivity index (χ3v) is 2.19. The zero-order chi connectivity index (χ0) is 10.4. The van der Waals surface area contributed by atoms with Crippen LogP contribution in [-0.4, -0.2) is 11.1 Å². The van der Waals surface area contributed by atoms with Crippen LogP contribution in [0.4, 0.5) is 0 Å². The summed E-state index contributed by atoms with van der Waals surface area (Å²) in [6.45, 7) is 4.22. The Morgan fingerprint density at radius 3 is 2.93 bits per heavy atom. The first-order chi connectivity index (χ1) is 6.72. The molecule has 0 saturated heterocycles. The summed E-state index contributed by atoms with van der Waals surface area (Å²) in [4.78, 5) is 4.06. The first-order valence-corrected chi connectivity index (χ1v) is 5.39. The van der Waals surface area contributed by atoms with Crippen molar-refractivity contribution in [3.8, 4) is 5.88 Å². The Balaban J connectivity index is 2.43. The number of hydrogen-bond donors (Lipinski definition) is 0. The van der Waals surface area contributed by atoms with E-state index in [2.05, 4.69) is 18.8 Å². The van der Waals surface area contributed by atoms with Crippen LogP contribution in [0.3, 0.4) is 0 Å². The van der Waals surface area contributed by atoms with E-state index < -0.39 is 0 Å². The average molecular weight is 214 g/mol. The smallest absolute Gasteiger partial charge is 0.214 e. The summed E-state index contributed by atoms with van der Waals surface area (Å²) in [7, 11) is 0. The molecule has 1 aromatic heterocycles. The number of hydrogen-bond acceptors (Lipinski definition) is 2. The third-order valence-electron chi connectivity index (χ3n) is 1.98. The molecule has 14 heavy (non-hydrogen) atoms. The van der Waals surface area contributed by atoms with Gasteiger partial charge < -0.3 is 4.74 Å². The van der Waals surface area contributed by atoms with Gasteiger partial charge >= 0.3 is 0 Å². The van der Waals surface area contributed by atoms with Gasteiger partial charge in [-0.3, -0.25) is 0 Å². The topological polar surface area (TPSA) is 22.1 Å². The van der Waals surface area contributed by atoms with E-state index in [1.165, 1.54) is 12.8 Å². The minimum Gasteiger partial charge on any atom is -0.475 e. The molecule has 0 N–H and O–H groups in total. The Bertz CT molecular complexity index is 278. The lowest BCUT2D eigenvalue weighted by molar-refractivity contribution is 0.199. The summed E-state index contributed by atoms with van der Waals surface area (Å²) in [6.07, 6.45) is 3.64. The van der Waals surface area contributed by atoms with Crippen molar-refractivity contribution in [2.75, 3.05) is 0 Å². The Labute approximate surface area is 90.3 Å². The van der Waals surface area contributed by atoms with Gasteiger partial charge in [0.1, 0.15) is 5.15 Å². The molecule has 0 fully saturated rings. The Morgan fingerprint density at radius 2 is 2.29 bits per heavy atom. The van der Waals surface area contributed by atoms with Gasteiger partial charge in [0.25, 0.3) is 0 Å². The van der Waals surface area contributed by atoms with E-state index in [4.69, 9.17) is 16.3 Å². The highest BCUT2D eigenvalue weighted by Gasteiger charge is 2.04. The molecule has 0 aliphatic rings. The Morgan fingerprint density at radius 1 is 1.50 bits per heavy atom. The van der Waals surface area contributed by atoms with Crippen LogP contribution in [0.5, 0.6) is 5.88 Å². The van der Waals surface area contributed by atoms with Gasteiger partial charge in [-0.2, -0.15) is 0 Å². The minimum atomic E-state index is 0.209. The van der Waals surface area contributed by atoms with E-state index >= 15 is 0 Å². The summed E-state index contributed by atoms with van der Waals surface area (Å²) < 4.78 is 5.60. The fourth-order valence-electron chi connectivity index (χ4n) is 1.21. The first kappa shape index (κ1) is 11.3. The van der Waals surface area contributed by atoms with Gasteiger partial charge in [-0.1, -0.05) is 37.4 Å². The molecular weight excluding hydrogens is 198 g/mol. The predicted octanol–water partition coefficient (Wildman–Crippen LogP) is 3.69. The molecule has 0 saturated carbocycles. The lowest BCUT2D eigenvalue weighted by Crippen LogP contribution is -2.12. The first-order valence-electron chi connectivity index (χ1n) is 5.01. The molecule has 0 bridgehead atoms. The van der Waals surface area contributed by atoms with Crippen LogP contribution >= 0.6 is 11.6 Å². The lowest BCUT2D eigenvalue weighted by atomic mass is 10.2. The largest absolute Gasteiger partial charge is 0.475 e. The highest BCUT2D eigenvalue weighted by atomic mass is 35.5. The molecule has 78 valence electrons. The van der Waals surface area contributed by atoms with Gasteiger partial charge in [0.2, 0.25) is 5.88 Å². The van der Waals surface area contributed by atoms with Crippen LogP contribution in [0.1, 0.15) is 33.1 Å². The Kier molecular flexibility index (Phi) is 4.74. The van der Waals surface area contributed by atoms with Crippen molar-refractivity contribution in [2.45, 2.75) is 39.2 Å². The van der Waals surface area contributed by atoms with Gasteiger partial charge in [0.15, 0.2) is 0 Å². The molecule has 0 radical (unpaired) electrons. The maximum atomic E-state index is 5.74. The number of halogens is 1. The van der Waals surface area contributed by atoms with E-state index in [1.807, 2.05) is 12.1 Å². The number of aromatic nitrogens is 1. The van der Waals surface area contributed by atoms with E-state index in [1.54, 1.807) is 6.07 Å². The van der Waals surface area contributed by atoms with Gasteiger partial charge in [-0.05, 0) is 19.4 Å². The van der Waals surface area contributed by atoms with Crippen LogP contribution in [0.25, 0.3) is 0 Å². The molecule has 2 nitrogen and oxygen atoms in total. The van der Waals surface area contributed by atoms with Crippen molar-refractivity contribution in [2.24, 2.45) is 0 Å². The quantitative estimate of drug-likeness (QED) is 0.696. The number of rotatable bonds is 5. The zero-order valence-electron chi connectivity index (χ0n) is 8.66. The van der Waals surface area contributed by atoms with Crippen molar-refractivity contribution >= 4 is 11.6 Å². The van der Waals surface area contributed by atoms with Crippen molar-refractivity contribution < 1.29 is 4.74 Å². The molecule has 1 rings (SSSR count). The highest BCUT2D eigenvalue weighted by Crippen LogP contribution is 2.14. The fraction of sp³-hybridized carbons (Fsp3) is 0.545. The Hall–Kier alpha value is -0.760. The molecular formula is C11H16ClNO. The molecule has 1 heterocycles. The van der Waals surface area contributed by atoms with Gasteiger partial charge in [0.05, 0.1) is 6.10 Å². The molecule has 0 spiro atoms. The molecule has 0 amide bonds. The summed E-state index contributed by atoms with van der Waals surface area (Å²) in [6, 6.07) is 5.41.